The number of hydrogen-bond acceptors (Lipinski definition) is 13. The predicted molar refractivity (Wildman–Crippen MR) is 160 cm³/mol. The molecule has 1 unspecified atom stereocenters. The van der Waals surface area contributed by atoms with Crippen LogP contribution in [0.3, 0.4) is 0 Å². The zero-order valence-corrected chi connectivity index (χ0v) is 26.4. The van der Waals surface area contributed by atoms with Crippen LogP contribution in [0.5, 0.6) is 0 Å². The summed E-state index contributed by atoms with van der Waals surface area (Å²) >= 11 is 0. The van der Waals surface area contributed by atoms with Crippen molar-refractivity contribution in [1.82, 2.24) is 5.32 Å². The summed E-state index contributed by atoms with van der Waals surface area (Å²) in [7, 11) is 0. The van der Waals surface area contributed by atoms with E-state index in [1.807, 2.05) is 0 Å². The Labute approximate surface area is 257 Å². The molecule has 1 heterocycles. The van der Waals surface area contributed by atoms with E-state index in [0.29, 0.717) is 0 Å². The molecule has 0 fully saturated rings. The first-order valence-electron chi connectivity index (χ1n) is 14.3. The summed E-state index contributed by atoms with van der Waals surface area (Å²) < 4.78 is 27.3. The minimum absolute atomic E-state index is 0.136. The van der Waals surface area contributed by atoms with Crippen molar-refractivity contribution < 1.29 is 47.5 Å². The lowest BCUT2D eigenvalue weighted by atomic mass is 9.88. The van der Waals surface area contributed by atoms with Gasteiger partial charge in [-0.1, -0.05) is 0 Å². The van der Waals surface area contributed by atoms with Gasteiger partial charge < -0.3 is 28.7 Å². The first kappa shape index (κ1) is 34.5. The maximum atomic E-state index is 14.5. The summed E-state index contributed by atoms with van der Waals surface area (Å²) in [6.45, 7) is 11.8. The number of fused-ring (bicyclic) bond motifs is 2. The molecule has 3 rings (SSSR count). The molecule has 1 N–H and O–H groups in total. The molecule has 0 saturated carbocycles. The fraction of sp³-hybridized carbons (Fsp3) is 0.452. The lowest BCUT2D eigenvalue weighted by Crippen LogP contribution is -2.50. The molecule has 0 bridgehead atoms. The third-order valence-electron chi connectivity index (χ3n) is 6.49. The van der Waals surface area contributed by atoms with Crippen molar-refractivity contribution in [3.63, 3.8) is 0 Å². The highest BCUT2D eigenvalue weighted by atomic mass is 16.6. The average Bonchev–Trinajstić information content (AvgIpc) is 3.05. The van der Waals surface area contributed by atoms with E-state index in [2.05, 4.69) is 5.32 Å². The number of benzene rings is 1. The van der Waals surface area contributed by atoms with Crippen molar-refractivity contribution >= 4 is 51.8 Å². The van der Waals surface area contributed by atoms with E-state index in [-0.39, 0.29) is 54.3 Å². The van der Waals surface area contributed by atoms with Crippen LogP contribution in [0.25, 0.3) is 22.2 Å². The molecule has 45 heavy (non-hydrogen) atoms. The lowest BCUT2D eigenvalue weighted by molar-refractivity contribution is -0.385. The number of esters is 4. The Hall–Kier alpha value is -5.01. The molecule has 14 nitrogen and oxygen atoms in total. The molecule has 242 valence electrons. The van der Waals surface area contributed by atoms with Crippen LogP contribution in [0, 0.1) is 23.0 Å². The second-order valence-corrected chi connectivity index (χ2v) is 10.8. The summed E-state index contributed by atoms with van der Waals surface area (Å²) in [4.78, 5) is 80.7. The van der Waals surface area contributed by atoms with Gasteiger partial charge in [-0.15, -0.1) is 0 Å². The van der Waals surface area contributed by atoms with Crippen LogP contribution in [-0.2, 0) is 38.1 Å². The van der Waals surface area contributed by atoms with Gasteiger partial charge in [0.05, 0.1) is 53.1 Å². The maximum Gasteiger partial charge on any atom is 0.342 e. The molecule has 1 aliphatic rings. The second-order valence-electron chi connectivity index (χ2n) is 10.8. The summed E-state index contributed by atoms with van der Waals surface area (Å²) in [5, 5.41) is 14.1. The van der Waals surface area contributed by atoms with E-state index < -0.39 is 73.0 Å². The first-order chi connectivity index (χ1) is 21.1. The summed E-state index contributed by atoms with van der Waals surface area (Å²) in [5.41, 5.74) is -5.08. The molecule has 0 spiro atoms. The fourth-order valence-electron chi connectivity index (χ4n) is 4.87. The fourth-order valence-corrected chi connectivity index (χ4v) is 4.87. The number of nitrogens with zero attached hydrogens (tertiary/aromatic N) is 1. The molecule has 0 radical (unpaired) electrons. The largest absolute Gasteiger partial charge is 0.465 e. The number of ether oxygens (including phenoxy) is 4. The van der Waals surface area contributed by atoms with E-state index in [9.17, 15) is 34.1 Å². The molecular formula is C31H36N2O12. The van der Waals surface area contributed by atoms with E-state index in [1.165, 1.54) is 40.7 Å². The zero-order chi connectivity index (χ0) is 33.8. The van der Waals surface area contributed by atoms with Crippen molar-refractivity contribution in [2.24, 2.45) is 5.92 Å². The van der Waals surface area contributed by atoms with E-state index in [0.717, 1.165) is 6.07 Å². The molecule has 0 saturated heterocycles. The van der Waals surface area contributed by atoms with Gasteiger partial charge in [0.25, 0.3) is 5.69 Å². The van der Waals surface area contributed by atoms with Gasteiger partial charge in [0.15, 0.2) is 5.42 Å². The van der Waals surface area contributed by atoms with Crippen molar-refractivity contribution in [2.45, 2.75) is 60.9 Å². The molecule has 2 aromatic rings. The Morgan fingerprint density at radius 1 is 0.889 bits per heavy atom. The standard InChI is InChI=1S/C31H36N2O12/c1-9-41-27(35)19-20(28(36)42-10-2)22(30(38)44-12-4)26-23(24(32-31(6,7)8)21(19)29(37)43-11-3)25(34)16-14-17(33(39)40)15(5)13-18(16)45-26/h13-14,21,32H,9-12H2,1-8H3. The number of rotatable bonds is 10. The van der Waals surface area contributed by atoms with E-state index in [1.54, 1.807) is 20.8 Å². The van der Waals surface area contributed by atoms with Crippen LogP contribution < -0.4 is 21.4 Å². The Balaban J connectivity index is 2.91. The van der Waals surface area contributed by atoms with Gasteiger partial charge in [-0.05, 0) is 61.5 Å². The number of nitrogens with one attached hydrogen (secondary N) is 1. The normalized spacial score (nSPS) is 14.8. The minimum atomic E-state index is -1.85. The molecule has 1 aliphatic carbocycles. The quantitative estimate of drug-likeness (QED) is 0.174. The Bertz CT molecular complexity index is 1790. The highest BCUT2D eigenvalue weighted by molar-refractivity contribution is 6.28. The van der Waals surface area contributed by atoms with Crippen molar-refractivity contribution in [3.05, 3.63) is 59.8 Å². The third-order valence-corrected chi connectivity index (χ3v) is 6.49. The summed E-state index contributed by atoms with van der Waals surface area (Å²) in [5.74, 6) is -6.48. The molecule has 14 heteroatoms. The summed E-state index contributed by atoms with van der Waals surface area (Å²) in [6, 6.07) is 2.26. The smallest absolute Gasteiger partial charge is 0.342 e. The first-order valence-corrected chi connectivity index (χ1v) is 14.3. The summed E-state index contributed by atoms with van der Waals surface area (Å²) in [6.07, 6.45) is 0. The van der Waals surface area contributed by atoms with Crippen LogP contribution >= 0.6 is 0 Å². The van der Waals surface area contributed by atoms with E-state index in [4.69, 9.17) is 23.4 Å². The molecule has 1 atom stereocenters. The topological polar surface area (TPSA) is 191 Å². The highest BCUT2D eigenvalue weighted by Crippen LogP contribution is 2.33. The van der Waals surface area contributed by atoms with Gasteiger partial charge in [-0.3, -0.25) is 19.7 Å². The number of nitro groups is 1. The van der Waals surface area contributed by atoms with Crippen LogP contribution in [-0.4, -0.2) is 60.8 Å². The molecule has 1 aromatic carbocycles. The van der Waals surface area contributed by atoms with Gasteiger partial charge >= 0.3 is 23.9 Å². The van der Waals surface area contributed by atoms with Gasteiger partial charge in [0.1, 0.15) is 17.1 Å². The number of hydrogen-bond donors (Lipinski definition) is 1. The van der Waals surface area contributed by atoms with Crippen molar-refractivity contribution in [1.29, 1.82) is 0 Å². The number of nitro benzene ring substituents is 1. The van der Waals surface area contributed by atoms with Crippen molar-refractivity contribution in [3.8, 4) is 0 Å². The van der Waals surface area contributed by atoms with Crippen LogP contribution in [0.4, 0.5) is 5.69 Å². The maximum absolute atomic E-state index is 14.5. The van der Waals surface area contributed by atoms with Gasteiger partial charge in [0, 0.05) is 22.9 Å². The predicted octanol–water partition coefficient (Wildman–Crippen LogP) is 1.84. The van der Waals surface area contributed by atoms with Crippen molar-refractivity contribution in [2.75, 3.05) is 26.4 Å². The number of carbonyl (C=O) groups is 4. The molecular weight excluding hydrogens is 592 g/mol. The SMILES string of the molecule is CCOC(=O)C1=C(C(=O)OCC)C(C(=O)OCC)C(NC(C)(C)C)=c2c(oc3cc(C)c([N+](=O)[O-])cc3c2=O)=C1C(=O)OCC. The van der Waals surface area contributed by atoms with Crippen LogP contribution in [0.1, 0.15) is 54.0 Å². The number of aryl methyl sites for hydroxylation is 1. The Morgan fingerprint density at radius 3 is 1.93 bits per heavy atom. The second kappa shape index (κ2) is 13.7. The van der Waals surface area contributed by atoms with Gasteiger partial charge in [-0.2, -0.15) is 0 Å². The minimum Gasteiger partial charge on any atom is -0.465 e. The number of carbonyl (C=O) groups excluding carboxylic acids is 4. The van der Waals surface area contributed by atoms with E-state index >= 15 is 0 Å². The average molecular weight is 629 g/mol. The van der Waals surface area contributed by atoms with Crippen LogP contribution in [0.15, 0.2) is 32.5 Å². The Morgan fingerprint density at radius 2 is 1.42 bits per heavy atom. The lowest BCUT2D eigenvalue weighted by Gasteiger charge is -2.29. The molecule has 0 amide bonds. The Kier molecular flexibility index (Phi) is 10.5. The van der Waals surface area contributed by atoms with Gasteiger partial charge in [0.2, 0.25) is 5.43 Å². The zero-order valence-electron chi connectivity index (χ0n) is 26.4. The molecule has 1 aromatic heterocycles. The highest BCUT2D eigenvalue weighted by Gasteiger charge is 2.45. The van der Waals surface area contributed by atoms with Gasteiger partial charge in [-0.25, -0.2) is 14.4 Å². The monoisotopic (exact) mass is 628 g/mol. The van der Waals surface area contributed by atoms with Crippen LogP contribution in [0.2, 0.25) is 0 Å². The third kappa shape index (κ3) is 6.89. The molecule has 0 aliphatic heterocycles.